The number of aromatic nitrogens is 4. The third-order valence-electron chi connectivity index (χ3n) is 8.57. The maximum atomic E-state index is 6.57. The molecule has 0 bridgehead atoms. The first kappa shape index (κ1) is 31.5. The van der Waals surface area contributed by atoms with Crippen molar-refractivity contribution in [2.24, 2.45) is 0 Å². The van der Waals surface area contributed by atoms with Crippen molar-refractivity contribution in [2.45, 2.75) is 53.9 Å². The van der Waals surface area contributed by atoms with E-state index < -0.39 is 0 Å². The van der Waals surface area contributed by atoms with Gasteiger partial charge in [-0.1, -0.05) is 68.8 Å². The molecule has 46 heavy (non-hydrogen) atoms. The molecule has 0 N–H and O–H groups in total. The normalized spacial score (nSPS) is 11.4. The zero-order valence-corrected chi connectivity index (χ0v) is 29.2. The summed E-state index contributed by atoms with van der Waals surface area (Å²) >= 11 is 0. The molecule has 6 heteroatoms. The number of benzene rings is 4. The molecule has 0 fully saturated rings. The topological polar surface area (TPSA) is 44.9 Å². The van der Waals surface area contributed by atoms with Crippen molar-refractivity contribution in [2.75, 3.05) is 0 Å². The van der Waals surface area contributed by atoms with E-state index in [0.717, 1.165) is 68.0 Å². The van der Waals surface area contributed by atoms with Crippen molar-refractivity contribution < 1.29 is 25.8 Å². The molecule has 3 aromatic heterocycles. The van der Waals surface area contributed by atoms with Gasteiger partial charge in [0, 0.05) is 34.5 Å². The number of hydrogen-bond donors (Lipinski definition) is 0. The largest absolute Gasteiger partial charge is 2.00 e. The number of ether oxygens (including phenoxy) is 1. The Kier molecular flexibility index (Phi) is 8.72. The summed E-state index contributed by atoms with van der Waals surface area (Å²) in [5, 5.41) is 7.25. The SMILES string of the molecule is CCc1ccc2c(c1)c1ccc(Oc3[c-]c(-n4nc(C)c(-c5ccccc5)c4C)cc(C(C)C)c3)[c-]c1n2-c1cc(C)ccn1.[Pt+2]. The first-order chi connectivity index (χ1) is 21.8. The average Bonchev–Trinajstić information content (AvgIpc) is 3.53. The van der Waals surface area contributed by atoms with Gasteiger partial charge in [0.2, 0.25) is 0 Å². The smallest absolute Gasteiger partial charge is 0.509 e. The summed E-state index contributed by atoms with van der Waals surface area (Å²) in [5.74, 6) is 2.41. The van der Waals surface area contributed by atoms with Gasteiger partial charge in [-0.25, -0.2) is 4.98 Å². The molecule has 0 aliphatic heterocycles. The molecule has 3 heterocycles. The predicted octanol–water partition coefficient (Wildman–Crippen LogP) is 10.0. The first-order valence-electron chi connectivity index (χ1n) is 15.6. The quantitative estimate of drug-likeness (QED) is 0.151. The van der Waals surface area contributed by atoms with Crippen molar-refractivity contribution in [1.82, 2.24) is 19.3 Å². The van der Waals surface area contributed by atoms with Crippen LogP contribution < -0.4 is 4.74 Å². The molecule has 4 aromatic carbocycles. The monoisotopic (exact) mass is 783 g/mol. The summed E-state index contributed by atoms with van der Waals surface area (Å²) in [6.45, 7) is 12.8. The van der Waals surface area contributed by atoms with Crippen LogP contribution in [0.3, 0.4) is 0 Å². The van der Waals surface area contributed by atoms with E-state index in [1.165, 1.54) is 10.9 Å². The van der Waals surface area contributed by atoms with Crippen LogP contribution in [0.4, 0.5) is 0 Å². The van der Waals surface area contributed by atoms with Crippen LogP contribution >= 0.6 is 0 Å². The predicted molar refractivity (Wildman–Crippen MR) is 183 cm³/mol. The van der Waals surface area contributed by atoms with Crippen LogP contribution in [0, 0.1) is 32.9 Å². The number of rotatable bonds is 7. The van der Waals surface area contributed by atoms with Crippen molar-refractivity contribution in [3.05, 3.63) is 131 Å². The Hall–Kier alpha value is -4.47. The maximum Gasteiger partial charge on any atom is 2.00 e. The van der Waals surface area contributed by atoms with Crippen LogP contribution in [-0.2, 0) is 27.5 Å². The molecule has 0 saturated carbocycles. The minimum Gasteiger partial charge on any atom is -0.509 e. The van der Waals surface area contributed by atoms with E-state index in [9.17, 15) is 0 Å². The van der Waals surface area contributed by atoms with Crippen molar-refractivity contribution in [1.29, 1.82) is 0 Å². The molecule has 0 unspecified atom stereocenters. The molecule has 7 aromatic rings. The number of pyridine rings is 1. The van der Waals surface area contributed by atoms with Crippen LogP contribution in [0.15, 0.2) is 91.1 Å². The molecule has 5 nitrogen and oxygen atoms in total. The fourth-order valence-corrected chi connectivity index (χ4v) is 6.20. The van der Waals surface area contributed by atoms with E-state index in [0.29, 0.717) is 17.4 Å². The van der Waals surface area contributed by atoms with E-state index in [4.69, 9.17) is 14.8 Å². The molecular weight excluding hydrogens is 748 g/mol. The Balaban J connectivity index is 0.00000372. The Morgan fingerprint density at radius 3 is 2.37 bits per heavy atom. The summed E-state index contributed by atoms with van der Waals surface area (Å²) in [6, 6.07) is 36.7. The molecule has 0 saturated heterocycles. The second kappa shape index (κ2) is 12.7. The summed E-state index contributed by atoms with van der Waals surface area (Å²) in [4.78, 5) is 4.74. The van der Waals surface area contributed by atoms with Crippen LogP contribution in [-0.4, -0.2) is 19.3 Å². The van der Waals surface area contributed by atoms with Crippen molar-refractivity contribution in [3.63, 3.8) is 0 Å². The molecular formula is C40H36N4OPt. The molecule has 0 amide bonds. The summed E-state index contributed by atoms with van der Waals surface area (Å²) < 4.78 is 10.7. The van der Waals surface area contributed by atoms with E-state index in [-0.39, 0.29) is 21.1 Å². The van der Waals surface area contributed by atoms with Crippen molar-refractivity contribution in [3.8, 4) is 34.1 Å². The Bertz CT molecular complexity index is 2190. The van der Waals surface area contributed by atoms with E-state index in [1.807, 2.05) is 29.1 Å². The van der Waals surface area contributed by atoms with Gasteiger partial charge < -0.3 is 9.30 Å². The summed E-state index contributed by atoms with van der Waals surface area (Å²) in [6.07, 6.45) is 2.84. The van der Waals surface area contributed by atoms with Gasteiger partial charge >= 0.3 is 21.1 Å². The van der Waals surface area contributed by atoms with Gasteiger partial charge in [0.05, 0.1) is 5.69 Å². The third kappa shape index (κ3) is 5.69. The van der Waals surface area contributed by atoms with Gasteiger partial charge in [-0.2, -0.15) is 11.2 Å². The van der Waals surface area contributed by atoms with E-state index in [1.54, 1.807) is 0 Å². The minimum absolute atomic E-state index is 0. The molecule has 0 aliphatic rings. The van der Waals surface area contributed by atoms with Crippen LogP contribution in [0.2, 0.25) is 0 Å². The maximum absolute atomic E-state index is 6.57. The fourth-order valence-electron chi connectivity index (χ4n) is 6.20. The zero-order valence-electron chi connectivity index (χ0n) is 27.0. The molecule has 0 aliphatic carbocycles. The van der Waals surface area contributed by atoms with Gasteiger partial charge in [-0.3, -0.25) is 4.68 Å². The third-order valence-corrected chi connectivity index (χ3v) is 8.57. The molecule has 0 spiro atoms. The summed E-state index contributed by atoms with van der Waals surface area (Å²) in [7, 11) is 0. The van der Waals surface area contributed by atoms with Gasteiger partial charge in [-0.05, 0) is 79.1 Å². The molecule has 232 valence electrons. The number of nitrogens with zero attached hydrogens (tertiary/aromatic N) is 4. The van der Waals surface area contributed by atoms with Gasteiger partial charge in [0.1, 0.15) is 5.82 Å². The van der Waals surface area contributed by atoms with Crippen LogP contribution in [0.1, 0.15) is 54.8 Å². The second-order valence-corrected chi connectivity index (χ2v) is 12.1. The van der Waals surface area contributed by atoms with E-state index >= 15 is 0 Å². The standard InChI is InChI=1S/C40H36N4O.Pt/c1-7-29-13-16-37-36(20-29)35-15-14-33(24-38(35)43(37)39-19-26(4)17-18-41-39)45-34-22-31(25(2)3)21-32(23-34)44-28(6)40(27(5)42-44)30-11-9-8-10-12-30;/h8-22,25H,7H2,1-6H3;/q-2;+2. The zero-order chi connectivity index (χ0) is 31.2. The molecule has 0 atom stereocenters. The number of aryl methyl sites for hydroxylation is 3. The fraction of sp³-hybridized carbons (Fsp3) is 0.200. The Labute approximate surface area is 285 Å². The minimum atomic E-state index is 0. The van der Waals surface area contributed by atoms with Crippen molar-refractivity contribution >= 4 is 21.8 Å². The van der Waals surface area contributed by atoms with Crippen LogP contribution in [0.5, 0.6) is 11.5 Å². The van der Waals surface area contributed by atoms with Gasteiger partial charge in [-0.15, -0.1) is 41.3 Å². The Morgan fingerprint density at radius 1 is 0.826 bits per heavy atom. The molecule has 7 rings (SSSR count). The van der Waals surface area contributed by atoms with E-state index in [2.05, 4.69) is 125 Å². The first-order valence-corrected chi connectivity index (χ1v) is 15.6. The average molecular weight is 784 g/mol. The van der Waals surface area contributed by atoms with Crippen LogP contribution in [0.25, 0.3) is 44.4 Å². The number of hydrogen-bond acceptors (Lipinski definition) is 3. The summed E-state index contributed by atoms with van der Waals surface area (Å²) in [5.41, 5.74) is 10.8. The second-order valence-electron chi connectivity index (χ2n) is 12.1. The Morgan fingerprint density at radius 2 is 1.63 bits per heavy atom. The molecule has 0 radical (unpaired) electrons. The van der Waals surface area contributed by atoms with Gasteiger partial charge in [0.15, 0.2) is 0 Å². The number of fused-ring (bicyclic) bond motifs is 3. The van der Waals surface area contributed by atoms with Gasteiger partial charge in [0.25, 0.3) is 0 Å².